The highest BCUT2D eigenvalue weighted by Crippen LogP contribution is 2.64. The molecule has 0 atom stereocenters. The van der Waals surface area contributed by atoms with Gasteiger partial charge in [0.25, 0.3) is 5.69 Å². The molecule has 0 unspecified atom stereocenters. The van der Waals surface area contributed by atoms with Crippen LogP contribution in [0.4, 0.5) is 0 Å². The molecule has 0 radical (unpaired) electrons. The van der Waals surface area contributed by atoms with E-state index in [1.54, 1.807) is 0 Å². The monoisotopic (exact) mass is 334 g/mol. The van der Waals surface area contributed by atoms with Gasteiger partial charge in [-0.3, -0.25) is 0 Å². The number of hydrogen-bond donors (Lipinski definition) is 0. The van der Waals surface area contributed by atoms with E-state index >= 15 is 0 Å². The van der Waals surface area contributed by atoms with Gasteiger partial charge in [-0.05, 0) is 48.9 Å². The average molecular weight is 334 g/mol. The van der Waals surface area contributed by atoms with Gasteiger partial charge < -0.3 is 13.9 Å². The molecule has 20 heavy (non-hydrogen) atoms. The number of hydrogen-bond acceptors (Lipinski definition) is 6. The number of allylic oxidation sites excluding steroid dienone is 2. The van der Waals surface area contributed by atoms with E-state index in [-0.39, 0.29) is 0 Å². The molecule has 0 aromatic rings. The molecule has 114 valence electrons. The van der Waals surface area contributed by atoms with E-state index in [1.165, 1.54) is 11.4 Å². The van der Waals surface area contributed by atoms with Crippen LogP contribution in [0.5, 0.6) is 0 Å². The summed E-state index contributed by atoms with van der Waals surface area (Å²) in [6.07, 6.45) is 3.81. The maximum Gasteiger partial charge on any atom is 0.252 e. The van der Waals surface area contributed by atoms with Crippen LogP contribution in [0.1, 0.15) is 39.5 Å². The first kappa shape index (κ1) is 18.0. The molecule has 1 aliphatic rings. The molecule has 1 fully saturated rings. The Morgan fingerprint density at radius 3 is 2.40 bits per heavy atom. The van der Waals surface area contributed by atoms with E-state index in [4.69, 9.17) is 20.9 Å². The summed E-state index contributed by atoms with van der Waals surface area (Å²) in [4.78, 5) is 2.80. The van der Waals surface area contributed by atoms with Crippen LogP contribution in [0.25, 0.3) is 0 Å². The topological polar surface area (TPSA) is 45.5 Å². The van der Waals surface area contributed by atoms with Crippen molar-refractivity contribution >= 4 is 28.9 Å². The summed E-state index contributed by atoms with van der Waals surface area (Å²) in [5.41, 5.74) is -1.39. The third-order valence-corrected chi connectivity index (χ3v) is 7.73. The van der Waals surface area contributed by atoms with Crippen LogP contribution < -0.4 is 0 Å². The molecular formula is C13H23N2O2PS2. The van der Waals surface area contributed by atoms with Gasteiger partial charge in [0.1, 0.15) is 11.0 Å². The molecule has 0 saturated carbocycles. The lowest BCUT2D eigenvalue weighted by Crippen LogP contribution is -2.11. The van der Waals surface area contributed by atoms with Crippen LogP contribution in [0, 0.1) is 11.3 Å². The number of likely N-dealkylation sites (tertiary alicyclic amines) is 1. The van der Waals surface area contributed by atoms with E-state index in [2.05, 4.69) is 11.0 Å². The van der Waals surface area contributed by atoms with Crippen molar-refractivity contribution in [2.75, 3.05) is 26.8 Å². The first-order valence-corrected chi connectivity index (χ1v) is 11.0. The maximum absolute atomic E-state index is 9.42. The fourth-order valence-electron chi connectivity index (χ4n) is 1.84. The Kier molecular flexibility index (Phi) is 8.16. The molecule has 0 aromatic carbocycles. The predicted molar refractivity (Wildman–Crippen MR) is 88.9 cm³/mol. The van der Waals surface area contributed by atoms with Crippen molar-refractivity contribution in [1.29, 1.82) is 5.26 Å². The van der Waals surface area contributed by atoms with Crippen LogP contribution in [0.15, 0.2) is 10.6 Å². The maximum atomic E-state index is 9.42. The zero-order chi connectivity index (χ0) is 15.0. The van der Waals surface area contributed by atoms with Crippen molar-refractivity contribution in [2.45, 2.75) is 39.5 Å². The van der Waals surface area contributed by atoms with Gasteiger partial charge in [-0.1, -0.05) is 13.8 Å². The van der Waals surface area contributed by atoms with Crippen LogP contribution in [0.3, 0.4) is 0 Å². The Morgan fingerprint density at radius 2 is 2.00 bits per heavy atom. The fourth-order valence-corrected chi connectivity index (χ4v) is 6.45. The van der Waals surface area contributed by atoms with Gasteiger partial charge in [0, 0.05) is 19.3 Å². The van der Waals surface area contributed by atoms with Gasteiger partial charge in [-0.2, -0.15) is 5.26 Å². The zero-order valence-corrected chi connectivity index (χ0v) is 15.0. The van der Waals surface area contributed by atoms with Crippen molar-refractivity contribution < 1.29 is 9.05 Å². The Balaban J connectivity index is 2.86. The zero-order valence-electron chi connectivity index (χ0n) is 12.4. The Labute approximate surface area is 131 Å². The summed E-state index contributed by atoms with van der Waals surface area (Å²) in [6, 6.07) is 2.28. The highest BCUT2D eigenvalue weighted by atomic mass is 32.9. The summed E-state index contributed by atoms with van der Waals surface area (Å²) < 4.78 is 11.5. The van der Waals surface area contributed by atoms with Gasteiger partial charge in [0.15, 0.2) is 0 Å². The molecule has 7 heteroatoms. The van der Waals surface area contributed by atoms with Gasteiger partial charge in [-0.25, -0.2) is 0 Å². The van der Waals surface area contributed by atoms with Crippen LogP contribution >= 0.6 is 17.1 Å². The Morgan fingerprint density at radius 1 is 1.40 bits per heavy atom. The summed E-state index contributed by atoms with van der Waals surface area (Å²) >= 11 is 6.91. The molecule has 0 aliphatic carbocycles. The molecule has 4 nitrogen and oxygen atoms in total. The molecule has 0 N–H and O–H groups in total. The quantitative estimate of drug-likeness (QED) is 0.488. The minimum absolute atomic E-state index is 0.581. The van der Waals surface area contributed by atoms with Gasteiger partial charge in [0.05, 0.1) is 13.2 Å². The van der Waals surface area contributed by atoms with Gasteiger partial charge >= 0.3 is 0 Å². The van der Waals surface area contributed by atoms with E-state index in [9.17, 15) is 5.26 Å². The SMILES string of the molecule is CCCOP(=S)(OCCC)S/C(C#N)=C1\CCCN1C. The van der Waals surface area contributed by atoms with Crippen molar-refractivity contribution in [3.63, 3.8) is 0 Å². The van der Waals surface area contributed by atoms with Crippen molar-refractivity contribution in [1.82, 2.24) is 4.90 Å². The molecular weight excluding hydrogens is 311 g/mol. The summed E-state index contributed by atoms with van der Waals surface area (Å²) in [6.45, 7) is 6.24. The first-order valence-electron chi connectivity index (χ1n) is 6.99. The highest BCUT2D eigenvalue weighted by Gasteiger charge is 2.26. The second-order valence-electron chi connectivity index (χ2n) is 4.62. The number of rotatable bonds is 8. The molecule has 1 saturated heterocycles. The molecule has 1 aliphatic heterocycles. The lowest BCUT2D eigenvalue weighted by molar-refractivity contribution is 0.260. The molecule has 0 aromatic heterocycles. The highest BCUT2D eigenvalue weighted by molar-refractivity contribution is 8.69. The van der Waals surface area contributed by atoms with Crippen LogP contribution in [-0.2, 0) is 20.9 Å². The van der Waals surface area contributed by atoms with E-state index < -0.39 is 5.69 Å². The van der Waals surface area contributed by atoms with Gasteiger partial charge in [0.2, 0.25) is 0 Å². The second-order valence-corrected chi connectivity index (χ2v) is 10.7. The third kappa shape index (κ3) is 5.38. The van der Waals surface area contributed by atoms with E-state index in [0.717, 1.165) is 37.9 Å². The lowest BCUT2D eigenvalue weighted by Gasteiger charge is -2.22. The third-order valence-electron chi connectivity index (χ3n) is 2.84. The van der Waals surface area contributed by atoms with E-state index in [1.807, 2.05) is 20.9 Å². The standard InChI is InChI=1S/C13H23N2O2PS2/c1-4-9-16-18(19,17-10-5-2)20-13(11-14)12-7-6-8-15(12)3/h4-10H2,1-3H3/b13-12+. The second kappa shape index (κ2) is 9.07. The molecule has 1 rings (SSSR count). The smallest absolute Gasteiger partial charge is 0.252 e. The van der Waals surface area contributed by atoms with Crippen molar-refractivity contribution in [3.05, 3.63) is 10.6 Å². The van der Waals surface area contributed by atoms with Crippen LogP contribution in [-0.4, -0.2) is 31.7 Å². The average Bonchev–Trinajstić information content (AvgIpc) is 2.87. The van der Waals surface area contributed by atoms with Crippen LogP contribution in [0.2, 0.25) is 0 Å². The Hall–Kier alpha value is -0.0500. The summed E-state index contributed by atoms with van der Waals surface area (Å²) in [5, 5.41) is 9.42. The summed E-state index contributed by atoms with van der Waals surface area (Å²) in [5.74, 6) is 0. The fraction of sp³-hybridized carbons (Fsp3) is 0.769. The number of nitrogens with zero attached hydrogens (tertiary/aromatic N) is 2. The predicted octanol–water partition coefficient (Wildman–Crippen LogP) is 4.26. The summed E-state index contributed by atoms with van der Waals surface area (Å²) in [7, 11) is 2.02. The molecule has 1 heterocycles. The Bertz CT molecular complexity index is 423. The number of nitriles is 1. The molecule has 0 bridgehead atoms. The van der Waals surface area contributed by atoms with Crippen molar-refractivity contribution in [2.24, 2.45) is 0 Å². The molecule has 0 amide bonds. The minimum Gasteiger partial charge on any atom is -0.376 e. The molecule has 0 spiro atoms. The lowest BCUT2D eigenvalue weighted by atomic mass is 10.3. The van der Waals surface area contributed by atoms with Crippen molar-refractivity contribution in [3.8, 4) is 6.07 Å². The first-order chi connectivity index (χ1) is 9.56. The largest absolute Gasteiger partial charge is 0.376 e. The normalized spacial score (nSPS) is 18.2. The van der Waals surface area contributed by atoms with Gasteiger partial charge in [-0.15, -0.1) is 0 Å². The minimum atomic E-state index is -2.46. The van der Waals surface area contributed by atoms with E-state index in [0.29, 0.717) is 18.1 Å².